The second-order valence-corrected chi connectivity index (χ2v) is 10.00. The number of nitrogens with zero attached hydrogens (tertiary/aromatic N) is 1. The molecule has 5 heteroatoms. The number of benzene rings is 1. The van der Waals surface area contributed by atoms with E-state index in [-0.39, 0.29) is 5.82 Å². The Balaban J connectivity index is 2.13. The van der Waals surface area contributed by atoms with Crippen molar-refractivity contribution in [2.75, 3.05) is 31.1 Å². The molecule has 1 aromatic rings. The summed E-state index contributed by atoms with van der Waals surface area (Å²) < 4.78 is 19.7. The van der Waals surface area contributed by atoms with Gasteiger partial charge < -0.3 is 14.6 Å². The van der Waals surface area contributed by atoms with Gasteiger partial charge in [0.15, 0.2) is 5.82 Å². The van der Waals surface area contributed by atoms with Gasteiger partial charge in [-0.1, -0.05) is 0 Å². The van der Waals surface area contributed by atoms with Crippen LogP contribution in [0.5, 0.6) is 5.75 Å². The first kappa shape index (κ1) is 13.4. The molecular weight excluding hydrogens is 247 g/mol. The highest BCUT2D eigenvalue weighted by atomic mass is 28.4. The van der Waals surface area contributed by atoms with Crippen molar-refractivity contribution in [2.45, 2.75) is 19.6 Å². The second kappa shape index (κ2) is 5.28. The number of hydrogen-bond acceptors (Lipinski definition) is 3. The van der Waals surface area contributed by atoms with Gasteiger partial charge in [0.25, 0.3) is 0 Å². The SMILES string of the molecule is C[Si](C)(C)Oc1ccc(N2CCNCC2)cc1F. The predicted octanol–water partition coefficient (Wildman–Crippen LogP) is 2.45. The minimum Gasteiger partial charge on any atom is -0.542 e. The van der Waals surface area contributed by atoms with Crippen LogP contribution in [0, 0.1) is 5.82 Å². The van der Waals surface area contributed by atoms with Crippen molar-refractivity contribution >= 4 is 14.0 Å². The van der Waals surface area contributed by atoms with Crippen molar-refractivity contribution < 1.29 is 8.82 Å². The van der Waals surface area contributed by atoms with Crippen LogP contribution in [-0.2, 0) is 0 Å². The topological polar surface area (TPSA) is 24.5 Å². The zero-order chi connectivity index (χ0) is 13.2. The molecule has 0 aliphatic carbocycles. The smallest absolute Gasteiger partial charge is 0.242 e. The van der Waals surface area contributed by atoms with Gasteiger partial charge in [-0.3, -0.25) is 0 Å². The summed E-state index contributed by atoms with van der Waals surface area (Å²) in [5, 5.41) is 3.29. The maximum absolute atomic E-state index is 14.0. The van der Waals surface area contributed by atoms with Crippen LogP contribution in [0.4, 0.5) is 10.1 Å². The maximum atomic E-state index is 14.0. The Morgan fingerprint density at radius 2 is 1.89 bits per heavy atom. The lowest BCUT2D eigenvalue weighted by atomic mass is 10.2. The minimum atomic E-state index is -1.75. The molecule has 3 nitrogen and oxygen atoms in total. The predicted molar refractivity (Wildman–Crippen MR) is 75.5 cm³/mol. The Kier molecular flexibility index (Phi) is 3.92. The Labute approximate surface area is 109 Å². The van der Waals surface area contributed by atoms with E-state index >= 15 is 0 Å². The van der Waals surface area contributed by atoms with Crippen molar-refractivity contribution in [1.29, 1.82) is 0 Å². The highest BCUT2D eigenvalue weighted by Crippen LogP contribution is 2.26. The van der Waals surface area contributed by atoms with E-state index in [0.717, 1.165) is 31.9 Å². The molecule has 0 aromatic heterocycles. The van der Waals surface area contributed by atoms with Gasteiger partial charge in [0, 0.05) is 37.9 Å². The standard InChI is InChI=1S/C13H21FN2OSi/c1-18(2,3)17-13-5-4-11(10-12(13)14)16-8-6-15-7-9-16/h4-5,10,15H,6-9H2,1-3H3. The van der Waals surface area contributed by atoms with Gasteiger partial charge in [0.05, 0.1) is 0 Å². The van der Waals surface area contributed by atoms with Crippen LogP contribution in [0.25, 0.3) is 0 Å². The van der Waals surface area contributed by atoms with Crippen LogP contribution in [0.1, 0.15) is 0 Å². The number of piperazine rings is 1. The van der Waals surface area contributed by atoms with Gasteiger partial charge >= 0.3 is 0 Å². The minimum absolute atomic E-state index is 0.256. The summed E-state index contributed by atoms with van der Waals surface area (Å²) in [6, 6.07) is 5.29. The summed E-state index contributed by atoms with van der Waals surface area (Å²) >= 11 is 0. The Morgan fingerprint density at radius 3 is 2.44 bits per heavy atom. The molecule has 18 heavy (non-hydrogen) atoms. The molecular formula is C13H21FN2OSi. The van der Waals surface area contributed by atoms with Gasteiger partial charge in [0.2, 0.25) is 8.32 Å². The van der Waals surface area contributed by atoms with Gasteiger partial charge in [0.1, 0.15) is 5.75 Å². The fourth-order valence-corrected chi connectivity index (χ4v) is 2.85. The van der Waals surface area contributed by atoms with Crippen LogP contribution in [0.15, 0.2) is 18.2 Å². The summed E-state index contributed by atoms with van der Waals surface area (Å²) in [6.45, 7) is 9.91. The molecule has 100 valence electrons. The molecule has 0 bridgehead atoms. The fourth-order valence-electron chi connectivity index (χ4n) is 2.02. The number of nitrogens with one attached hydrogen (secondary N) is 1. The van der Waals surface area contributed by atoms with E-state index in [9.17, 15) is 4.39 Å². The summed E-state index contributed by atoms with van der Waals surface area (Å²) in [5.74, 6) is 0.126. The summed E-state index contributed by atoms with van der Waals surface area (Å²) in [7, 11) is -1.75. The van der Waals surface area contributed by atoms with Gasteiger partial charge in [-0.2, -0.15) is 0 Å². The number of rotatable bonds is 3. The van der Waals surface area contributed by atoms with Gasteiger partial charge in [-0.25, -0.2) is 4.39 Å². The largest absolute Gasteiger partial charge is 0.542 e. The maximum Gasteiger partial charge on any atom is 0.242 e. The molecule has 0 saturated carbocycles. The summed E-state index contributed by atoms with van der Waals surface area (Å²) in [6.07, 6.45) is 0. The molecule has 1 fully saturated rings. The van der Waals surface area contributed by atoms with Crippen LogP contribution in [0.2, 0.25) is 19.6 Å². The third-order valence-electron chi connectivity index (χ3n) is 2.81. The molecule has 1 aromatic carbocycles. The third kappa shape index (κ3) is 3.46. The Hall–Kier alpha value is -1.07. The van der Waals surface area contributed by atoms with E-state index in [1.807, 2.05) is 6.07 Å². The Morgan fingerprint density at radius 1 is 1.22 bits per heavy atom. The number of hydrogen-bond donors (Lipinski definition) is 1. The first-order chi connectivity index (χ1) is 8.46. The molecule has 1 saturated heterocycles. The second-order valence-electron chi connectivity index (χ2n) is 5.57. The summed E-state index contributed by atoms with van der Waals surface area (Å²) in [5.41, 5.74) is 0.942. The molecule has 1 N–H and O–H groups in total. The van der Waals surface area contributed by atoms with Crippen molar-refractivity contribution in [1.82, 2.24) is 5.32 Å². The molecule has 1 aliphatic rings. The van der Waals surface area contributed by atoms with Crippen LogP contribution in [0.3, 0.4) is 0 Å². The third-order valence-corrected chi connectivity index (χ3v) is 3.65. The average Bonchev–Trinajstić information content (AvgIpc) is 2.31. The number of anilines is 1. The molecule has 1 aliphatic heterocycles. The van der Waals surface area contributed by atoms with Crippen molar-refractivity contribution in [3.63, 3.8) is 0 Å². The molecule has 1 heterocycles. The van der Waals surface area contributed by atoms with Crippen molar-refractivity contribution in [3.05, 3.63) is 24.0 Å². The zero-order valence-corrected chi connectivity index (χ0v) is 12.3. The van der Waals surface area contributed by atoms with E-state index in [1.54, 1.807) is 12.1 Å². The molecule has 0 unspecified atom stereocenters. The van der Waals surface area contributed by atoms with E-state index in [2.05, 4.69) is 29.9 Å². The zero-order valence-electron chi connectivity index (χ0n) is 11.3. The lowest BCUT2D eigenvalue weighted by Gasteiger charge is -2.30. The van der Waals surface area contributed by atoms with E-state index in [0.29, 0.717) is 5.75 Å². The molecule has 0 radical (unpaired) electrons. The normalized spacial score (nSPS) is 16.8. The quantitative estimate of drug-likeness (QED) is 0.852. The first-order valence-corrected chi connectivity index (χ1v) is 9.81. The molecule has 0 amide bonds. The van der Waals surface area contributed by atoms with Gasteiger partial charge in [-0.15, -0.1) is 0 Å². The number of halogens is 1. The lowest BCUT2D eigenvalue weighted by molar-refractivity contribution is 0.495. The molecule has 0 atom stereocenters. The van der Waals surface area contributed by atoms with E-state index in [1.165, 1.54) is 0 Å². The molecule has 0 spiro atoms. The van der Waals surface area contributed by atoms with E-state index in [4.69, 9.17) is 4.43 Å². The van der Waals surface area contributed by atoms with Crippen molar-refractivity contribution in [3.8, 4) is 5.75 Å². The fraction of sp³-hybridized carbons (Fsp3) is 0.538. The highest BCUT2D eigenvalue weighted by molar-refractivity contribution is 6.70. The van der Waals surface area contributed by atoms with Crippen molar-refractivity contribution in [2.24, 2.45) is 0 Å². The summed E-state index contributed by atoms with van der Waals surface area (Å²) in [4.78, 5) is 2.19. The lowest BCUT2D eigenvalue weighted by Crippen LogP contribution is -2.43. The van der Waals surface area contributed by atoms with Crippen LogP contribution in [-0.4, -0.2) is 34.5 Å². The molecule has 2 rings (SSSR count). The average molecular weight is 268 g/mol. The van der Waals surface area contributed by atoms with E-state index < -0.39 is 8.32 Å². The van der Waals surface area contributed by atoms with Gasteiger partial charge in [-0.05, 0) is 31.8 Å². The Bertz CT molecular complexity index is 414. The van der Waals surface area contributed by atoms with Crippen LogP contribution < -0.4 is 14.6 Å². The highest BCUT2D eigenvalue weighted by Gasteiger charge is 2.19. The van der Waals surface area contributed by atoms with Crippen LogP contribution >= 0.6 is 0 Å². The monoisotopic (exact) mass is 268 g/mol. The first-order valence-electron chi connectivity index (χ1n) is 6.40.